The van der Waals surface area contributed by atoms with E-state index in [0.29, 0.717) is 35.2 Å². The summed E-state index contributed by atoms with van der Waals surface area (Å²) in [7, 11) is 0. The van der Waals surface area contributed by atoms with Crippen LogP contribution in [0.2, 0.25) is 0 Å². The van der Waals surface area contributed by atoms with Crippen molar-refractivity contribution in [1.29, 1.82) is 0 Å². The highest BCUT2D eigenvalue weighted by Gasteiger charge is 2.52. The van der Waals surface area contributed by atoms with Crippen molar-refractivity contribution in [3.8, 4) is 11.1 Å². The molecule has 0 spiro atoms. The van der Waals surface area contributed by atoms with Gasteiger partial charge >= 0.3 is 12.1 Å². The Morgan fingerprint density at radius 1 is 0.972 bits per heavy atom. The van der Waals surface area contributed by atoms with Crippen molar-refractivity contribution in [2.45, 2.75) is 49.7 Å². The predicted octanol–water partition coefficient (Wildman–Crippen LogP) is 6.60. The predicted molar refractivity (Wildman–Crippen MR) is 127 cm³/mol. The second kappa shape index (κ2) is 9.32. The number of likely N-dealkylation sites (tertiary alicyclic amines) is 1. The number of hydrogen-bond acceptors (Lipinski definition) is 3. The molecule has 2 heterocycles. The summed E-state index contributed by atoms with van der Waals surface area (Å²) in [6, 6.07) is 12.5. The molecule has 1 aliphatic carbocycles. The molecule has 1 N–H and O–H groups in total. The van der Waals surface area contributed by atoms with Gasteiger partial charge in [0.25, 0.3) is 0 Å². The number of aromatic nitrogens is 1. The van der Waals surface area contributed by atoms with Gasteiger partial charge in [-0.1, -0.05) is 30.7 Å². The molecule has 0 amide bonds. The van der Waals surface area contributed by atoms with Crippen LogP contribution in [0.5, 0.6) is 0 Å². The Hall–Kier alpha value is -3.26. The average Bonchev–Trinajstić information content (AvgIpc) is 3.68. The first kappa shape index (κ1) is 24.4. The van der Waals surface area contributed by atoms with Gasteiger partial charge in [-0.15, -0.1) is 0 Å². The summed E-state index contributed by atoms with van der Waals surface area (Å²) in [5.74, 6) is -1.29. The van der Waals surface area contributed by atoms with Crippen LogP contribution in [-0.2, 0) is 16.4 Å². The Morgan fingerprint density at radius 2 is 1.61 bits per heavy atom. The van der Waals surface area contributed by atoms with Crippen molar-refractivity contribution in [2.24, 2.45) is 0 Å². The minimum Gasteiger partial charge on any atom is -0.481 e. The number of carboxylic acids is 1. The molecule has 0 bridgehead atoms. The van der Waals surface area contributed by atoms with Gasteiger partial charge in [-0.25, -0.2) is 4.39 Å². The van der Waals surface area contributed by atoms with Gasteiger partial charge in [0.15, 0.2) is 0 Å². The largest absolute Gasteiger partial charge is 0.481 e. The SMILES string of the molecule is O=C(O)C1(c2cnc(C(c3ccc(F)cc3)N3CCCCC3)c(-c3ccc(C(F)(F)F)cc3)c2)CC1. The number of carboxylic acid groups (broad SMARTS) is 1. The zero-order chi connectivity index (χ0) is 25.5. The molecule has 4 nitrogen and oxygen atoms in total. The molecule has 2 fully saturated rings. The van der Waals surface area contributed by atoms with Crippen molar-refractivity contribution in [2.75, 3.05) is 13.1 Å². The van der Waals surface area contributed by atoms with Crippen LogP contribution in [-0.4, -0.2) is 34.0 Å². The molecular formula is C28H26F4N2O2. The number of alkyl halides is 3. The molecule has 36 heavy (non-hydrogen) atoms. The highest BCUT2D eigenvalue weighted by atomic mass is 19.4. The fraction of sp³-hybridized carbons (Fsp3) is 0.357. The number of pyridine rings is 1. The van der Waals surface area contributed by atoms with Crippen LogP contribution in [0.3, 0.4) is 0 Å². The van der Waals surface area contributed by atoms with Gasteiger partial charge in [0.05, 0.1) is 22.7 Å². The lowest BCUT2D eigenvalue weighted by Gasteiger charge is -2.35. The number of piperidine rings is 1. The van der Waals surface area contributed by atoms with E-state index in [0.717, 1.165) is 50.0 Å². The van der Waals surface area contributed by atoms with E-state index in [1.165, 1.54) is 24.3 Å². The Kier molecular flexibility index (Phi) is 6.32. The van der Waals surface area contributed by atoms with Crippen LogP contribution in [0, 0.1) is 5.82 Å². The Labute approximate surface area is 206 Å². The van der Waals surface area contributed by atoms with E-state index < -0.39 is 23.1 Å². The number of halogens is 4. The van der Waals surface area contributed by atoms with Crippen LogP contribution < -0.4 is 0 Å². The minimum absolute atomic E-state index is 0.350. The number of aliphatic carboxylic acids is 1. The monoisotopic (exact) mass is 498 g/mol. The molecule has 1 aromatic heterocycles. The molecule has 1 aliphatic heterocycles. The Bertz CT molecular complexity index is 1250. The van der Waals surface area contributed by atoms with Gasteiger partial charge in [-0.2, -0.15) is 13.2 Å². The van der Waals surface area contributed by atoms with Crippen molar-refractivity contribution < 1.29 is 27.5 Å². The molecule has 1 saturated heterocycles. The normalized spacial score (nSPS) is 18.6. The first-order chi connectivity index (χ1) is 17.2. The lowest BCUT2D eigenvalue weighted by Crippen LogP contribution is -2.35. The Morgan fingerprint density at radius 3 is 2.17 bits per heavy atom. The van der Waals surface area contributed by atoms with E-state index in [4.69, 9.17) is 4.98 Å². The van der Waals surface area contributed by atoms with Crippen molar-refractivity contribution in [3.05, 3.63) is 89.0 Å². The van der Waals surface area contributed by atoms with Gasteiger partial charge in [-0.3, -0.25) is 14.7 Å². The highest BCUT2D eigenvalue weighted by molar-refractivity contribution is 5.85. The topological polar surface area (TPSA) is 53.4 Å². The van der Waals surface area contributed by atoms with Gasteiger partial charge in [0.1, 0.15) is 5.82 Å². The Balaban J connectivity index is 1.68. The second-order valence-electron chi connectivity index (χ2n) is 9.67. The van der Waals surface area contributed by atoms with Crippen molar-refractivity contribution in [3.63, 3.8) is 0 Å². The smallest absolute Gasteiger partial charge is 0.416 e. The van der Waals surface area contributed by atoms with E-state index in [2.05, 4.69) is 4.90 Å². The summed E-state index contributed by atoms with van der Waals surface area (Å²) in [6.07, 6.45) is 1.19. The standard InChI is InChI=1S/C28H26F4N2O2/c29-22-10-6-19(7-11-22)25(34-14-2-1-3-15-34)24-23(18-4-8-20(9-5-18)28(30,31)32)16-21(17-33-24)27(12-13-27)26(35)36/h4-11,16-17,25H,1-3,12-15H2,(H,35,36). The highest BCUT2D eigenvalue weighted by Crippen LogP contribution is 2.50. The molecule has 1 saturated carbocycles. The number of carbonyl (C=O) groups is 1. The molecule has 8 heteroatoms. The minimum atomic E-state index is -4.46. The summed E-state index contributed by atoms with van der Waals surface area (Å²) >= 11 is 0. The van der Waals surface area contributed by atoms with Gasteiger partial charge in [0.2, 0.25) is 0 Å². The van der Waals surface area contributed by atoms with Gasteiger partial charge < -0.3 is 5.11 Å². The van der Waals surface area contributed by atoms with E-state index >= 15 is 0 Å². The third-order valence-corrected chi connectivity index (χ3v) is 7.35. The van der Waals surface area contributed by atoms with Gasteiger partial charge in [-0.05, 0) is 85.8 Å². The number of hydrogen-bond donors (Lipinski definition) is 1. The first-order valence-electron chi connectivity index (χ1n) is 12.1. The maximum atomic E-state index is 13.8. The summed E-state index contributed by atoms with van der Waals surface area (Å²) in [5.41, 5.74) is 1.34. The van der Waals surface area contributed by atoms with Gasteiger partial charge in [0, 0.05) is 11.8 Å². The third-order valence-electron chi connectivity index (χ3n) is 7.35. The summed E-state index contributed by atoms with van der Waals surface area (Å²) in [6.45, 7) is 1.61. The van der Waals surface area contributed by atoms with Crippen LogP contribution in [0.15, 0.2) is 60.8 Å². The molecule has 5 rings (SSSR count). The molecule has 2 aromatic carbocycles. The van der Waals surface area contributed by atoms with Crippen LogP contribution in [0.4, 0.5) is 17.6 Å². The van der Waals surface area contributed by atoms with E-state index in [1.807, 2.05) is 0 Å². The second-order valence-corrected chi connectivity index (χ2v) is 9.67. The quantitative estimate of drug-likeness (QED) is 0.389. The van der Waals surface area contributed by atoms with Crippen LogP contribution in [0.1, 0.15) is 60.5 Å². The molecule has 188 valence electrons. The summed E-state index contributed by atoms with van der Waals surface area (Å²) in [5, 5.41) is 9.83. The lowest BCUT2D eigenvalue weighted by molar-refractivity contribution is -0.140. The van der Waals surface area contributed by atoms with E-state index in [9.17, 15) is 27.5 Å². The van der Waals surface area contributed by atoms with Crippen molar-refractivity contribution in [1.82, 2.24) is 9.88 Å². The van der Waals surface area contributed by atoms with E-state index in [1.54, 1.807) is 24.4 Å². The summed E-state index contributed by atoms with van der Waals surface area (Å²) in [4.78, 5) is 19.0. The number of nitrogens with zero attached hydrogens (tertiary/aromatic N) is 2. The molecular weight excluding hydrogens is 472 g/mol. The van der Waals surface area contributed by atoms with Crippen molar-refractivity contribution >= 4 is 5.97 Å². The first-order valence-corrected chi connectivity index (χ1v) is 12.1. The molecule has 0 radical (unpaired) electrons. The zero-order valence-corrected chi connectivity index (χ0v) is 19.6. The summed E-state index contributed by atoms with van der Waals surface area (Å²) < 4.78 is 53.4. The molecule has 1 atom stereocenters. The van der Waals surface area contributed by atoms with Crippen LogP contribution >= 0.6 is 0 Å². The lowest BCUT2D eigenvalue weighted by atomic mass is 9.89. The van der Waals surface area contributed by atoms with Crippen LogP contribution in [0.25, 0.3) is 11.1 Å². The fourth-order valence-corrected chi connectivity index (χ4v) is 5.14. The molecule has 3 aromatic rings. The maximum absolute atomic E-state index is 13.8. The molecule has 1 unspecified atom stereocenters. The number of rotatable bonds is 6. The zero-order valence-electron chi connectivity index (χ0n) is 19.6. The number of benzene rings is 2. The average molecular weight is 499 g/mol. The molecule has 2 aliphatic rings. The third kappa shape index (κ3) is 4.62. The fourth-order valence-electron chi connectivity index (χ4n) is 5.14. The maximum Gasteiger partial charge on any atom is 0.416 e. The van der Waals surface area contributed by atoms with E-state index in [-0.39, 0.29) is 11.9 Å².